The highest BCUT2D eigenvalue weighted by Crippen LogP contribution is 2.30. The van der Waals surface area contributed by atoms with Crippen molar-refractivity contribution in [3.05, 3.63) is 29.8 Å². The maximum Gasteiger partial charge on any atom is 0.416 e. The lowest BCUT2D eigenvalue weighted by Crippen LogP contribution is -2.56. The Morgan fingerprint density at radius 2 is 2.00 bits per heavy atom. The van der Waals surface area contributed by atoms with E-state index in [2.05, 4.69) is 0 Å². The highest BCUT2D eigenvalue weighted by atomic mass is 19.4. The topological polar surface area (TPSA) is 75.8 Å². The molecule has 0 radical (unpaired) electrons. The van der Waals surface area contributed by atoms with Gasteiger partial charge in [0.15, 0.2) is 5.60 Å². The first-order valence-electron chi connectivity index (χ1n) is 7.25. The second-order valence-corrected chi connectivity index (χ2v) is 5.65. The van der Waals surface area contributed by atoms with Crippen molar-refractivity contribution in [1.82, 2.24) is 4.90 Å². The predicted molar refractivity (Wildman–Crippen MR) is 76.8 cm³/mol. The number of carbonyl (C=O) groups is 1. The van der Waals surface area contributed by atoms with Crippen molar-refractivity contribution < 1.29 is 27.8 Å². The molecule has 5 nitrogen and oxygen atoms in total. The number of halogens is 3. The molecule has 1 amide bonds. The van der Waals surface area contributed by atoms with E-state index >= 15 is 0 Å². The van der Waals surface area contributed by atoms with Crippen molar-refractivity contribution in [2.45, 2.75) is 24.6 Å². The SMILES string of the molecule is NC(=O)C1(O)CCCN(CCOc2ccc(C(F)(F)F)cc2)C1. The molecule has 8 heteroatoms. The van der Waals surface area contributed by atoms with Crippen LogP contribution in [0.25, 0.3) is 0 Å². The summed E-state index contributed by atoms with van der Waals surface area (Å²) >= 11 is 0. The lowest BCUT2D eigenvalue weighted by molar-refractivity contribution is -0.142. The van der Waals surface area contributed by atoms with Crippen molar-refractivity contribution >= 4 is 5.91 Å². The van der Waals surface area contributed by atoms with Crippen LogP contribution in [0.5, 0.6) is 5.75 Å². The van der Waals surface area contributed by atoms with Gasteiger partial charge in [-0.15, -0.1) is 0 Å². The molecule has 1 aliphatic heterocycles. The van der Waals surface area contributed by atoms with Crippen LogP contribution in [0, 0.1) is 0 Å². The monoisotopic (exact) mass is 332 g/mol. The minimum absolute atomic E-state index is 0.138. The summed E-state index contributed by atoms with van der Waals surface area (Å²) in [5.41, 5.74) is 2.94. The molecule has 1 aliphatic rings. The average molecular weight is 332 g/mol. The van der Waals surface area contributed by atoms with Gasteiger partial charge in [-0.2, -0.15) is 13.2 Å². The number of nitrogens with two attached hydrogens (primary N) is 1. The zero-order chi connectivity index (χ0) is 17.1. The van der Waals surface area contributed by atoms with Crippen LogP contribution in [0.1, 0.15) is 18.4 Å². The summed E-state index contributed by atoms with van der Waals surface area (Å²) in [6.07, 6.45) is -3.40. The summed E-state index contributed by atoms with van der Waals surface area (Å²) in [7, 11) is 0. The quantitative estimate of drug-likeness (QED) is 0.855. The first kappa shape index (κ1) is 17.6. The Bertz CT molecular complexity index is 548. The number of amides is 1. The van der Waals surface area contributed by atoms with Crippen molar-refractivity contribution in [3.63, 3.8) is 0 Å². The van der Waals surface area contributed by atoms with E-state index in [1.165, 1.54) is 12.1 Å². The third kappa shape index (κ3) is 4.59. The fourth-order valence-corrected chi connectivity index (χ4v) is 2.55. The predicted octanol–water partition coefficient (Wildman–Crippen LogP) is 1.40. The first-order valence-corrected chi connectivity index (χ1v) is 7.25. The molecule has 1 aromatic carbocycles. The van der Waals surface area contributed by atoms with E-state index < -0.39 is 23.2 Å². The van der Waals surface area contributed by atoms with E-state index in [9.17, 15) is 23.1 Å². The van der Waals surface area contributed by atoms with Gasteiger partial charge in [0.1, 0.15) is 12.4 Å². The molecule has 0 aromatic heterocycles. The number of hydrogen-bond donors (Lipinski definition) is 2. The molecular weight excluding hydrogens is 313 g/mol. The number of primary amides is 1. The molecule has 23 heavy (non-hydrogen) atoms. The van der Waals surface area contributed by atoms with Crippen molar-refractivity contribution in [3.8, 4) is 5.75 Å². The molecule has 2 rings (SSSR count). The van der Waals surface area contributed by atoms with Gasteiger partial charge in [-0.25, -0.2) is 0 Å². The number of benzene rings is 1. The number of β-amino-alcohol motifs (C(OH)–C–C–N with tert-alkyl or cyclic N) is 1. The molecular formula is C15H19F3N2O3. The number of likely N-dealkylation sites (tertiary alicyclic amines) is 1. The standard InChI is InChI=1S/C15H19F3N2O3/c16-15(17,18)11-2-4-12(5-3-11)23-9-8-20-7-1-6-14(22,10-20)13(19)21/h2-5,22H,1,6-10H2,(H2,19,21). The minimum atomic E-state index is -4.37. The third-order valence-electron chi connectivity index (χ3n) is 3.87. The van der Waals surface area contributed by atoms with E-state index in [1.807, 2.05) is 4.90 Å². The number of hydrogen-bond acceptors (Lipinski definition) is 4. The molecule has 0 bridgehead atoms. The molecule has 0 spiro atoms. The Hall–Kier alpha value is -1.80. The average Bonchev–Trinajstić information content (AvgIpc) is 2.47. The lowest BCUT2D eigenvalue weighted by Gasteiger charge is -2.36. The summed E-state index contributed by atoms with van der Waals surface area (Å²) in [6.45, 7) is 1.52. The number of rotatable bonds is 5. The van der Waals surface area contributed by atoms with E-state index in [0.29, 0.717) is 31.7 Å². The van der Waals surface area contributed by atoms with E-state index in [1.54, 1.807) is 0 Å². The Balaban J connectivity index is 1.82. The summed E-state index contributed by atoms with van der Waals surface area (Å²) in [5, 5.41) is 10.1. The second kappa shape index (κ2) is 6.76. The molecule has 1 saturated heterocycles. The largest absolute Gasteiger partial charge is 0.492 e. The van der Waals surface area contributed by atoms with Crippen LogP contribution in [-0.2, 0) is 11.0 Å². The summed E-state index contributed by atoms with van der Waals surface area (Å²) in [5.74, 6) is -0.411. The molecule has 1 aromatic rings. The number of carbonyl (C=O) groups excluding carboxylic acids is 1. The van der Waals surface area contributed by atoms with Crippen molar-refractivity contribution in [2.75, 3.05) is 26.2 Å². The van der Waals surface area contributed by atoms with Crippen LogP contribution in [0.15, 0.2) is 24.3 Å². The highest BCUT2D eigenvalue weighted by Gasteiger charge is 2.38. The van der Waals surface area contributed by atoms with E-state index in [-0.39, 0.29) is 13.2 Å². The molecule has 3 N–H and O–H groups in total. The Morgan fingerprint density at radius 1 is 1.35 bits per heavy atom. The van der Waals surface area contributed by atoms with Crippen LogP contribution >= 0.6 is 0 Å². The molecule has 128 valence electrons. The molecule has 1 unspecified atom stereocenters. The van der Waals surface area contributed by atoms with E-state index in [0.717, 1.165) is 12.1 Å². The van der Waals surface area contributed by atoms with Gasteiger partial charge in [0.05, 0.1) is 5.56 Å². The van der Waals surface area contributed by atoms with Gasteiger partial charge >= 0.3 is 6.18 Å². The van der Waals surface area contributed by atoms with Gasteiger partial charge in [-0.3, -0.25) is 9.69 Å². The first-order chi connectivity index (χ1) is 10.7. The number of aliphatic hydroxyl groups is 1. The van der Waals surface area contributed by atoms with Crippen LogP contribution in [0.4, 0.5) is 13.2 Å². The molecule has 1 heterocycles. The fraction of sp³-hybridized carbons (Fsp3) is 0.533. The second-order valence-electron chi connectivity index (χ2n) is 5.65. The minimum Gasteiger partial charge on any atom is -0.492 e. The number of ether oxygens (including phenoxy) is 1. The van der Waals surface area contributed by atoms with Crippen LogP contribution in [0.2, 0.25) is 0 Å². The van der Waals surface area contributed by atoms with Crippen molar-refractivity contribution in [1.29, 1.82) is 0 Å². The van der Waals surface area contributed by atoms with Gasteiger partial charge in [-0.05, 0) is 43.7 Å². The van der Waals surface area contributed by atoms with Crippen LogP contribution in [0.3, 0.4) is 0 Å². The van der Waals surface area contributed by atoms with Gasteiger partial charge in [0.25, 0.3) is 5.91 Å². The summed E-state index contributed by atoms with van der Waals surface area (Å²) in [4.78, 5) is 13.1. The highest BCUT2D eigenvalue weighted by molar-refractivity contribution is 5.83. The lowest BCUT2D eigenvalue weighted by atomic mass is 9.92. The molecule has 1 fully saturated rings. The van der Waals surface area contributed by atoms with Crippen molar-refractivity contribution in [2.24, 2.45) is 5.73 Å². The Morgan fingerprint density at radius 3 is 2.57 bits per heavy atom. The summed E-state index contributed by atoms with van der Waals surface area (Å²) < 4.78 is 42.7. The smallest absolute Gasteiger partial charge is 0.416 e. The maximum absolute atomic E-state index is 12.4. The van der Waals surface area contributed by atoms with Gasteiger partial charge in [0, 0.05) is 13.1 Å². The molecule has 0 saturated carbocycles. The zero-order valence-electron chi connectivity index (χ0n) is 12.5. The molecule has 1 atom stereocenters. The fourth-order valence-electron chi connectivity index (χ4n) is 2.55. The number of alkyl halides is 3. The van der Waals surface area contributed by atoms with Gasteiger partial charge in [-0.1, -0.05) is 0 Å². The molecule has 0 aliphatic carbocycles. The van der Waals surface area contributed by atoms with E-state index in [4.69, 9.17) is 10.5 Å². The van der Waals surface area contributed by atoms with Gasteiger partial charge < -0.3 is 15.6 Å². The van der Waals surface area contributed by atoms with Crippen LogP contribution in [-0.4, -0.2) is 47.8 Å². The third-order valence-corrected chi connectivity index (χ3v) is 3.87. The van der Waals surface area contributed by atoms with Crippen LogP contribution < -0.4 is 10.5 Å². The normalized spacial score (nSPS) is 22.8. The Kier molecular flexibility index (Phi) is 5.16. The summed E-state index contributed by atoms with van der Waals surface area (Å²) in [6, 6.07) is 4.45. The maximum atomic E-state index is 12.4. The number of piperidine rings is 1. The number of nitrogens with zero attached hydrogens (tertiary/aromatic N) is 1. The zero-order valence-corrected chi connectivity index (χ0v) is 12.5. The van der Waals surface area contributed by atoms with Gasteiger partial charge in [0.2, 0.25) is 0 Å². The Labute approximate surface area is 131 Å².